The van der Waals surface area contributed by atoms with Crippen LogP contribution in [-0.4, -0.2) is 34.4 Å². The van der Waals surface area contributed by atoms with Gasteiger partial charge in [0.2, 0.25) is 0 Å². The van der Waals surface area contributed by atoms with E-state index >= 15 is 0 Å². The maximum Gasteiger partial charge on any atom is 0.397 e. The Morgan fingerprint density at radius 3 is 2.73 bits per heavy atom. The average Bonchev–Trinajstić information content (AvgIpc) is 3.30. The minimum atomic E-state index is -0.941. The van der Waals surface area contributed by atoms with Gasteiger partial charge in [0.15, 0.2) is 5.13 Å². The van der Waals surface area contributed by atoms with Crippen LogP contribution in [0.15, 0.2) is 42.5 Å². The van der Waals surface area contributed by atoms with Gasteiger partial charge in [0.1, 0.15) is 5.69 Å². The highest BCUT2D eigenvalue weighted by Crippen LogP contribution is 2.29. The number of rotatable bonds is 4. The number of amides is 2. The fraction of sp³-hybridized carbons (Fsp3) is 0.143. The molecule has 0 atom stereocenters. The number of ether oxygens (including phenoxy) is 1. The van der Waals surface area contributed by atoms with Crippen LogP contribution in [0.4, 0.5) is 10.8 Å². The molecule has 0 saturated heterocycles. The van der Waals surface area contributed by atoms with E-state index in [1.54, 1.807) is 31.2 Å². The van der Waals surface area contributed by atoms with E-state index < -0.39 is 11.9 Å². The maximum absolute atomic E-state index is 12.6. The summed E-state index contributed by atoms with van der Waals surface area (Å²) in [5, 5.41) is 6.67. The van der Waals surface area contributed by atoms with Gasteiger partial charge >= 0.3 is 11.9 Å². The number of fused-ring (bicyclic) bond motifs is 2. The summed E-state index contributed by atoms with van der Waals surface area (Å²) in [5.41, 5.74) is 3.55. The minimum absolute atomic E-state index is 0.124. The lowest BCUT2D eigenvalue weighted by Gasteiger charge is -2.04. The first-order valence-corrected chi connectivity index (χ1v) is 10.0. The quantitative estimate of drug-likeness (QED) is 0.342. The second-order valence-corrected chi connectivity index (χ2v) is 7.63. The van der Waals surface area contributed by atoms with Crippen molar-refractivity contribution in [2.45, 2.75) is 13.8 Å². The number of aryl methyl sites for hydroxylation is 1. The van der Waals surface area contributed by atoms with E-state index in [2.05, 4.69) is 25.3 Å². The van der Waals surface area contributed by atoms with E-state index in [1.807, 2.05) is 25.1 Å². The van der Waals surface area contributed by atoms with Gasteiger partial charge in [-0.05, 0) is 50.2 Å². The number of H-pyrrole nitrogens is 1. The molecule has 0 unspecified atom stereocenters. The zero-order valence-electron chi connectivity index (χ0n) is 16.2. The molecule has 2 heterocycles. The van der Waals surface area contributed by atoms with Crippen LogP contribution in [0, 0.1) is 6.92 Å². The lowest BCUT2D eigenvalue weighted by molar-refractivity contribution is -0.152. The average molecular weight is 422 g/mol. The Bertz CT molecular complexity index is 1290. The predicted octanol–water partition coefficient (Wildman–Crippen LogP) is 3.84. The molecule has 0 aliphatic rings. The number of anilines is 2. The van der Waals surface area contributed by atoms with Crippen molar-refractivity contribution in [3.63, 3.8) is 0 Å². The van der Waals surface area contributed by atoms with E-state index in [0.29, 0.717) is 22.0 Å². The van der Waals surface area contributed by atoms with Crippen molar-refractivity contribution in [3.8, 4) is 0 Å². The molecule has 0 aliphatic heterocycles. The number of nitrogens with one attached hydrogen (secondary N) is 3. The molecule has 0 saturated carbocycles. The van der Waals surface area contributed by atoms with Crippen molar-refractivity contribution in [3.05, 3.63) is 53.7 Å². The molecule has 152 valence electrons. The number of nitrogens with zero attached hydrogens (tertiary/aromatic N) is 1. The highest BCUT2D eigenvalue weighted by molar-refractivity contribution is 7.22. The van der Waals surface area contributed by atoms with E-state index in [4.69, 9.17) is 0 Å². The Hall–Kier alpha value is -3.72. The molecule has 30 heavy (non-hydrogen) atoms. The van der Waals surface area contributed by atoms with Crippen LogP contribution in [0.2, 0.25) is 0 Å². The molecule has 0 aliphatic carbocycles. The van der Waals surface area contributed by atoms with Crippen molar-refractivity contribution in [2.24, 2.45) is 0 Å². The molecule has 0 radical (unpaired) electrons. The van der Waals surface area contributed by atoms with Crippen LogP contribution in [0.25, 0.3) is 21.1 Å². The number of carbonyl (C=O) groups is 3. The first kappa shape index (κ1) is 19.6. The Morgan fingerprint density at radius 2 is 1.93 bits per heavy atom. The summed E-state index contributed by atoms with van der Waals surface area (Å²) in [6, 6.07) is 12.7. The smallest absolute Gasteiger partial charge is 0.397 e. The topological polar surface area (TPSA) is 113 Å². The fourth-order valence-corrected chi connectivity index (χ4v) is 3.87. The van der Waals surface area contributed by atoms with Gasteiger partial charge in [-0.1, -0.05) is 23.0 Å². The van der Waals surface area contributed by atoms with Gasteiger partial charge in [-0.3, -0.25) is 14.9 Å². The molecular weight excluding hydrogens is 404 g/mol. The van der Waals surface area contributed by atoms with E-state index in [-0.39, 0.29) is 12.5 Å². The monoisotopic (exact) mass is 422 g/mol. The zero-order valence-corrected chi connectivity index (χ0v) is 17.1. The fourth-order valence-electron chi connectivity index (χ4n) is 2.97. The van der Waals surface area contributed by atoms with Gasteiger partial charge < -0.3 is 15.0 Å². The van der Waals surface area contributed by atoms with E-state index in [9.17, 15) is 14.4 Å². The van der Waals surface area contributed by atoms with E-state index in [0.717, 1.165) is 21.2 Å². The third kappa shape index (κ3) is 4.01. The van der Waals surface area contributed by atoms with Crippen molar-refractivity contribution < 1.29 is 19.1 Å². The van der Waals surface area contributed by atoms with Gasteiger partial charge in [0.05, 0.1) is 16.8 Å². The molecule has 8 nitrogen and oxygen atoms in total. The maximum atomic E-state index is 12.6. The van der Waals surface area contributed by atoms with Crippen LogP contribution >= 0.6 is 11.3 Å². The lowest BCUT2D eigenvalue weighted by atomic mass is 10.2. The Kier molecular flexibility index (Phi) is 5.20. The summed E-state index contributed by atoms with van der Waals surface area (Å²) in [6.45, 7) is 3.75. The minimum Gasteiger partial charge on any atom is -0.459 e. The molecule has 4 aromatic rings. The number of carbonyl (C=O) groups excluding carboxylic acids is 3. The van der Waals surface area contributed by atoms with Gasteiger partial charge in [0.25, 0.3) is 5.91 Å². The van der Waals surface area contributed by atoms with Crippen LogP contribution in [0.1, 0.15) is 23.0 Å². The Morgan fingerprint density at radius 1 is 1.10 bits per heavy atom. The molecule has 2 amide bonds. The summed E-state index contributed by atoms with van der Waals surface area (Å²) < 4.78 is 5.42. The van der Waals surface area contributed by atoms with Gasteiger partial charge in [0, 0.05) is 16.6 Å². The van der Waals surface area contributed by atoms with Gasteiger partial charge in [-0.2, -0.15) is 0 Å². The highest BCUT2D eigenvalue weighted by atomic mass is 32.1. The number of hydrogen-bond donors (Lipinski definition) is 3. The number of hydrogen-bond acceptors (Lipinski definition) is 6. The zero-order chi connectivity index (χ0) is 21.3. The molecule has 0 fully saturated rings. The molecule has 2 aromatic carbocycles. The van der Waals surface area contributed by atoms with Gasteiger partial charge in [-0.15, -0.1) is 0 Å². The summed E-state index contributed by atoms with van der Waals surface area (Å²) in [5.74, 6) is -2.08. The van der Waals surface area contributed by atoms with Crippen LogP contribution in [0.3, 0.4) is 0 Å². The van der Waals surface area contributed by atoms with Crippen molar-refractivity contribution in [2.75, 3.05) is 17.2 Å². The standard InChI is InChI=1S/C21H18N4O4S/c1-3-29-20(28)19(27)22-13-5-7-15-17(10-13)30-21(24-15)25-18(26)16-9-12-8-11(2)4-6-14(12)23-16/h4-10,23H,3H2,1-2H3,(H,22,27)(H,24,25,26). The second kappa shape index (κ2) is 7.96. The number of aromatic nitrogens is 2. The van der Waals surface area contributed by atoms with Crippen molar-refractivity contribution >= 4 is 61.1 Å². The molecule has 4 rings (SSSR count). The first-order chi connectivity index (χ1) is 14.4. The Balaban J connectivity index is 1.51. The largest absolute Gasteiger partial charge is 0.459 e. The molecule has 9 heteroatoms. The molecular formula is C21H18N4O4S. The van der Waals surface area contributed by atoms with Crippen LogP contribution < -0.4 is 10.6 Å². The lowest BCUT2D eigenvalue weighted by Crippen LogP contribution is -2.24. The number of esters is 1. The summed E-state index contributed by atoms with van der Waals surface area (Å²) in [4.78, 5) is 43.4. The highest BCUT2D eigenvalue weighted by Gasteiger charge is 2.16. The van der Waals surface area contributed by atoms with Crippen LogP contribution in [0.5, 0.6) is 0 Å². The SMILES string of the molecule is CCOC(=O)C(=O)Nc1ccc2nc(NC(=O)c3cc4cc(C)ccc4[nH]3)sc2c1. The summed E-state index contributed by atoms with van der Waals surface area (Å²) in [6.07, 6.45) is 0. The molecule has 0 spiro atoms. The first-order valence-electron chi connectivity index (χ1n) is 9.22. The molecule has 2 aromatic heterocycles. The summed E-state index contributed by atoms with van der Waals surface area (Å²) >= 11 is 1.27. The van der Waals surface area contributed by atoms with Gasteiger partial charge in [-0.25, -0.2) is 9.78 Å². The normalized spacial score (nSPS) is 10.9. The Labute approximate surface area is 175 Å². The predicted molar refractivity (Wildman–Crippen MR) is 116 cm³/mol. The third-order valence-corrected chi connectivity index (χ3v) is 5.28. The second-order valence-electron chi connectivity index (χ2n) is 6.60. The van der Waals surface area contributed by atoms with E-state index in [1.165, 1.54) is 11.3 Å². The number of thiazole rings is 1. The molecule has 0 bridgehead atoms. The van der Waals surface area contributed by atoms with Crippen molar-refractivity contribution in [1.82, 2.24) is 9.97 Å². The number of benzene rings is 2. The summed E-state index contributed by atoms with van der Waals surface area (Å²) in [7, 11) is 0. The molecule has 3 N–H and O–H groups in total. The van der Waals surface area contributed by atoms with Crippen LogP contribution in [-0.2, 0) is 14.3 Å². The number of aromatic amines is 1. The van der Waals surface area contributed by atoms with Crippen molar-refractivity contribution in [1.29, 1.82) is 0 Å². The third-order valence-electron chi connectivity index (χ3n) is 4.35.